The summed E-state index contributed by atoms with van der Waals surface area (Å²) < 4.78 is 12.9. The lowest BCUT2D eigenvalue weighted by atomic mass is 9.98. The summed E-state index contributed by atoms with van der Waals surface area (Å²) in [6, 6.07) is 5.68. The van der Waals surface area contributed by atoms with Gasteiger partial charge in [-0.1, -0.05) is 6.42 Å². The van der Waals surface area contributed by atoms with E-state index in [1.807, 2.05) is 0 Å². The number of halogens is 1. The fraction of sp³-hybridized carbons (Fsp3) is 0.579. The van der Waals surface area contributed by atoms with Crippen molar-refractivity contribution in [2.45, 2.75) is 38.6 Å². The number of carbonyl (C=O) groups excluding carboxylic acids is 1. The third kappa shape index (κ3) is 6.29. The highest BCUT2D eigenvalue weighted by Gasteiger charge is 2.27. The van der Waals surface area contributed by atoms with Crippen LogP contribution in [-0.4, -0.2) is 55.5 Å². The van der Waals surface area contributed by atoms with Crippen LogP contribution in [-0.2, 0) is 4.79 Å². The van der Waals surface area contributed by atoms with Crippen LogP contribution in [0.25, 0.3) is 0 Å². The largest absolute Gasteiger partial charge is 0.355 e. The fourth-order valence-electron chi connectivity index (χ4n) is 3.03. The smallest absolute Gasteiger partial charge is 0.243 e. The number of hydrogen-bond donors (Lipinski definition) is 3. The molecule has 1 fully saturated rings. The SMILES string of the molecule is CN=C(NCC(=O)Nc1ccc(F)cc1)NCC(C)(C)N1CCCCC1. The Morgan fingerprint density at radius 2 is 1.81 bits per heavy atom. The molecule has 3 N–H and O–H groups in total. The van der Waals surface area contributed by atoms with Gasteiger partial charge in [-0.05, 0) is 64.0 Å². The van der Waals surface area contributed by atoms with Gasteiger partial charge in [0.2, 0.25) is 5.91 Å². The van der Waals surface area contributed by atoms with Crippen LogP contribution in [0.5, 0.6) is 0 Å². The first-order chi connectivity index (χ1) is 12.4. The van der Waals surface area contributed by atoms with Crippen LogP contribution in [0.15, 0.2) is 29.3 Å². The lowest BCUT2D eigenvalue weighted by Gasteiger charge is -2.41. The van der Waals surface area contributed by atoms with Gasteiger partial charge in [-0.3, -0.25) is 14.7 Å². The van der Waals surface area contributed by atoms with Gasteiger partial charge in [-0.25, -0.2) is 4.39 Å². The zero-order chi connectivity index (χ0) is 19.0. The minimum atomic E-state index is -0.331. The molecule has 0 aliphatic carbocycles. The molecule has 1 amide bonds. The van der Waals surface area contributed by atoms with E-state index in [2.05, 4.69) is 39.7 Å². The van der Waals surface area contributed by atoms with Crippen molar-refractivity contribution in [3.05, 3.63) is 30.1 Å². The number of rotatable bonds is 6. The van der Waals surface area contributed by atoms with Crippen LogP contribution in [0.2, 0.25) is 0 Å². The van der Waals surface area contributed by atoms with E-state index in [0.717, 1.165) is 19.6 Å². The second-order valence-corrected chi connectivity index (χ2v) is 7.19. The quantitative estimate of drug-likeness (QED) is 0.535. The van der Waals surface area contributed by atoms with Crippen LogP contribution < -0.4 is 16.0 Å². The second kappa shape index (κ2) is 9.52. The lowest BCUT2D eigenvalue weighted by molar-refractivity contribution is -0.115. The van der Waals surface area contributed by atoms with Gasteiger partial charge in [-0.2, -0.15) is 0 Å². The van der Waals surface area contributed by atoms with E-state index in [0.29, 0.717) is 11.6 Å². The molecule has 2 rings (SSSR count). The topological polar surface area (TPSA) is 68.8 Å². The van der Waals surface area contributed by atoms with E-state index in [-0.39, 0.29) is 23.8 Å². The first kappa shape index (κ1) is 20.2. The van der Waals surface area contributed by atoms with E-state index < -0.39 is 0 Å². The molecule has 26 heavy (non-hydrogen) atoms. The second-order valence-electron chi connectivity index (χ2n) is 7.19. The van der Waals surface area contributed by atoms with Crippen LogP contribution in [0.3, 0.4) is 0 Å². The number of aliphatic imine (C=N–C) groups is 1. The molecule has 6 nitrogen and oxygen atoms in total. The predicted octanol–water partition coefficient (Wildman–Crippen LogP) is 2.19. The van der Waals surface area contributed by atoms with Gasteiger partial charge in [0.1, 0.15) is 5.82 Å². The average molecular weight is 363 g/mol. The first-order valence-corrected chi connectivity index (χ1v) is 9.16. The molecule has 0 unspecified atom stereocenters. The normalized spacial score (nSPS) is 16.2. The van der Waals surface area contributed by atoms with Crippen molar-refractivity contribution in [3.8, 4) is 0 Å². The Hall–Kier alpha value is -2.15. The van der Waals surface area contributed by atoms with Gasteiger partial charge < -0.3 is 16.0 Å². The molecule has 0 atom stereocenters. The van der Waals surface area contributed by atoms with Gasteiger partial charge >= 0.3 is 0 Å². The molecule has 1 aliphatic heterocycles. The minimum Gasteiger partial charge on any atom is -0.355 e. The van der Waals surface area contributed by atoms with Crippen molar-refractivity contribution in [3.63, 3.8) is 0 Å². The molecular formula is C19H30FN5O. The Balaban J connectivity index is 1.76. The van der Waals surface area contributed by atoms with Crippen molar-refractivity contribution >= 4 is 17.6 Å². The van der Waals surface area contributed by atoms with Crippen LogP contribution in [0.4, 0.5) is 10.1 Å². The molecule has 1 aromatic rings. The van der Waals surface area contributed by atoms with Crippen molar-refractivity contribution < 1.29 is 9.18 Å². The number of piperidine rings is 1. The highest BCUT2D eigenvalue weighted by molar-refractivity contribution is 5.94. The maximum absolute atomic E-state index is 12.9. The molecule has 0 saturated carbocycles. The Bertz CT molecular complexity index is 609. The van der Waals surface area contributed by atoms with Gasteiger partial charge in [0.05, 0.1) is 6.54 Å². The third-order valence-electron chi connectivity index (χ3n) is 4.67. The molecule has 1 heterocycles. The molecule has 0 spiro atoms. The Morgan fingerprint density at radius 1 is 1.15 bits per heavy atom. The first-order valence-electron chi connectivity index (χ1n) is 9.16. The molecular weight excluding hydrogens is 333 g/mol. The molecule has 1 aliphatic rings. The highest BCUT2D eigenvalue weighted by Crippen LogP contribution is 2.19. The number of amides is 1. The van der Waals surface area contributed by atoms with Crippen molar-refractivity contribution in [2.75, 3.05) is 38.5 Å². The maximum atomic E-state index is 12.9. The number of guanidine groups is 1. The number of nitrogens with zero attached hydrogens (tertiary/aromatic N) is 2. The van der Waals surface area contributed by atoms with Gasteiger partial charge in [0.25, 0.3) is 0 Å². The van der Waals surface area contributed by atoms with Crippen LogP contribution in [0, 0.1) is 5.82 Å². The Labute approximate surface area is 155 Å². The van der Waals surface area contributed by atoms with E-state index in [4.69, 9.17) is 0 Å². The summed E-state index contributed by atoms with van der Waals surface area (Å²) in [7, 11) is 1.68. The van der Waals surface area contributed by atoms with Crippen molar-refractivity contribution in [1.82, 2.24) is 15.5 Å². The third-order valence-corrected chi connectivity index (χ3v) is 4.67. The maximum Gasteiger partial charge on any atom is 0.243 e. The van der Waals surface area contributed by atoms with E-state index in [1.165, 1.54) is 43.5 Å². The van der Waals surface area contributed by atoms with Gasteiger partial charge in [0.15, 0.2) is 5.96 Å². The number of benzene rings is 1. The number of likely N-dealkylation sites (tertiary alicyclic amines) is 1. The predicted molar refractivity (Wildman–Crippen MR) is 104 cm³/mol. The number of carbonyl (C=O) groups is 1. The molecule has 1 aromatic carbocycles. The van der Waals surface area contributed by atoms with Crippen LogP contribution in [0.1, 0.15) is 33.1 Å². The van der Waals surface area contributed by atoms with Crippen LogP contribution >= 0.6 is 0 Å². The highest BCUT2D eigenvalue weighted by atomic mass is 19.1. The lowest BCUT2D eigenvalue weighted by Crippen LogP contribution is -2.55. The monoisotopic (exact) mass is 363 g/mol. The zero-order valence-electron chi connectivity index (χ0n) is 15.9. The van der Waals surface area contributed by atoms with Crippen molar-refractivity contribution in [1.29, 1.82) is 0 Å². The zero-order valence-corrected chi connectivity index (χ0v) is 15.9. The molecule has 0 radical (unpaired) electrons. The molecule has 144 valence electrons. The minimum absolute atomic E-state index is 0.0222. The number of anilines is 1. The molecule has 1 saturated heterocycles. The number of nitrogens with one attached hydrogen (secondary N) is 3. The summed E-state index contributed by atoms with van der Waals surface area (Å²) in [5, 5.41) is 9.03. The van der Waals surface area contributed by atoms with Crippen molar-refractivity contribution in [2.24, 2.45) is 4.99 Å². The summed E-state index contributed by atoms with van der Waals surface area (Å²) in [5.41, 5.74) is 0.585. The van der Waals surface area contributed by atoms with E-state index in [9.17, 15) is 9.18 Å². The summed E-state index contributed by atoms with van der Waals surface area (Å²) in [4.78, 5) is 18.7. The molecule has 0 aromatic heterocycles. The fourth-order valence-corrected chi connectivity index (χ4v) is 3.03. The number of hydrogen-bond acceptors (Lipinski definition) is 3. The average Bonchev–Trinajstić information content (AvgIpc) is 2.64. The van der Waals surface area contributed by atoms with Gasteiger partial charge in [-0.15, -0.1) is 0 Å². The molecule has 0 bridgehead atoms. The summed E-state index contributed by atoms with van der Waals surface area (Å²) in [5.74, 6) is 0.0428. The van der Waals surface area contributed by atoms with E-state index >= 15 is 0 Å². The van der Waals surface area contributed by atoms with Gasteiger partial charge in [0, 0.05) is 24.8 Å². The molecule has 7 heteroatoms. The standard InChI is InChI=1S/C19H30FN5O/c1-19(2,25-11-5-4-6-12-25)14-23-18(21-3)22-13-17(26)24-16-9-7-15(20)8-10-16/h7-10H,4-6,11-14H2,1-3H3,(H,24,26)(H2,21,22,23). The summed E-state index contributed by atoms with van der Waals surface area (Å²) in [6.07, 6.45) is 3.81. The summed E-state index contributed by atoms with van der Waals surface area (Å²) in [6.45, 7) is 7.52. The Kier molecular flexibility index (Phi) is 7.38. The Morgan fingerprint density at radius 3 is 2.42 bits per heavy atom. The summed E-state index contributed by atoms with van der Waals surface area (Å²) >= 11 is 0. The van der Waals surface area contributed by atoms with E-state index in [1.54, 1.807) is 7.05 Å².